The van der Waals surface area contributed by atoms with E-state index in [0.29, 0.717) is 17.2 Å². The fourth-order valence-electron chi connectivity index (χ4n) is 4.35. The molecule has 3 rings (SSSR count). The number of fused-ring (bicyclic) bond motifs is 2. The molecule has 0 radical (unpaired) electrons. The Bertz CT molecular complexity index is 510. The largest absolute Gasteiger partial charge is 0.441 e. The minimum atomic E-state index is -1.29. The molecule has 2 aliphatic carbocycles. The molecule has 1 heterocycles. The molecule has 3 aliphatic rings. The van der Waals surface area contributed by atoms with Crippen LogP contribution in [0.15, 0.2) is 11.6 Å². The van der Waals surface area contributed by atoms with Gasteiger partial charge in [0.15, 0.2) is 5.44 Å². The van der Waals surface area contributed by atoms with E-state index in [1.54, 1.807) is 13.0 Å². The molecule has 0 spiro atoms. The highest BCUT2D eigenvalue weighted by atomic mass is 32.2. The van der Waals surface area contributed by atoms with Gasteiger partial charge < -0.3 is 9.84 Å². The Labute approximate surface area is 122 Å². The summed E-state index contributed by atoms with van der Waals surface area (Å²) < 4.78 is 17.7. The molecule has 0 aromatic heterocycles. The lowest BCUT2D eigenvalue weighted by atomic mass is 9.70. The maximum Gasteiger partial charge on any atom is 0.335 e. The van der Waals surface area contributed by atoms with Gasteiger partial charge >= 0.3 is 5.97 Å². The first-order valence-electron chi connectivity index (χ1n) is 7.22. The third-order valence-corrected chi connectivity index (χ3v) is 7.53. The Morgan fingerprint density at radius 1 is 1.50 bits per heavy atom. The van der Waals surface area contributed by atoms with Crippen molar-refractivity contribution in [3.05, 3.63) is 11.6 Å². The molecule has 1 unspecified atom stereocenters. The molecule has 4 nitrogen and oxygen atoms in total. The van der Waals surface area contributed by atoms with Crippen molar-refractivity contribution in [2.75, 3.05) is 5.75 Å². The van der Waals surface area contributed by atoms with E-state index in [1.165, 1.54) is 0 Å². The van der Waals surface area contributed by atoms with Crippen LogP contribution in [0.2, 0.25) is 0 Å². The molecule has 20 heavy (non-hydrogen) atoms. The molecule has 112 valence electrons. The van der Waals surface area contributed by atoms with Gasteiger partial charge in [-0.2, -0.15) is 0 Å². The van der Waals surface area contributed by atoms with E-state index in [1.807, 2.05) is 0 Å². The topological polar surface area (TPSA) is 63.6 Å². The smallest absolute Gasteiger partial charge is 0.335 e. The lowest BCUT2D eigenvalue weighted by Gasteiger charge is -2.40. The predicted octanol–water partition coefficient (Wildman–Crippen LogP) is 1.75. The van der Waals surface area contributed by atoms with Crippen LogP contribution in [0.3, 0.4) is 0 Å². The highest BCUT2D eigenvalue weighted by molar-refractivity contribution is 7.85. The van der Waals surface area contributed by atoms with Gasteiger partial charge in [-0.3, -0.25) is 4.21 Å². The SMILES string of the molecule is CC1=C[C@H](S(=O)C[C@]23CC[C@H](C[C@H]2O)C3(C)C)OC1=O. The summed E-state index contributed by atoms with van der Waals surface area (Å²) in [5, 5.41) is 10.4. The first-order chi connectivity index (χ1) is 9.28. The van der Waals surface area contributed by atoms with E-state index < -0.39 is 16.2 Å². The monoisotopic (exact) mass is 298 g/mol. The molecular weight excluding hydrogens is 276 g/mol. The average molecular weight is 298 g/mol. The standard InChI is InChI=1S/C15H22O4S/c1-9-6-12(19-13(9)17)20(18)8-15-5-4-10(7-11(15)16)14(15,2)3/h6,10-12,16H,4-5,7-8H2,1-3H3/t10-,11-,12+,15-,20?/m1/s1. The second-order valence-electron chi connectivity index (χ2n) is 7.01. The Kier molecular flexibility index (Phi) is 3.14. The lowest BCUT2D eigenvalue weighted by Crippen LogP contribution is -2.44. The van der Waals surface area contributed by atoms with Crippen molar-refractivity contribution in [2.45, 2.75) is 51.6 Å². The molecule has 2 bridgehead atoms. The second-order valence-corrected chi connectivity index (χ2v) is 8.53. The van der Waals surface area contributed by atoms with Crippen LogP contribution >= 0.6 is 0 Å². The van der Waals surface area contributed by atoms with Gasteiger partial charge in [-0.1, -0.05) is 13.8 Å². The minimum Gasteiger partial charge on any atom is -0.441 e. The van der Waals surface area contributed by atoms with E-state index in [2.05, 4.69) is 13.8 Å². The summed E-state index contributed by atoms with van der Waals surface area (Å²) >= 11 is 0. The number of rotatable bonds is 3. The van der Waals surface area contributed by atoms with Crippen molar-refractivity contribution in [1.29, 1.82) is 0 Å². The van der Waals surface area contributed by atoms with E-state index in [-0.39, 0.29) is 22.9 Å². The molecule has 5 atom stereocenters. The Hall–Kier alpha value is -0.680. The molecule has 0 amide bonds. The van der Waals surface area contributed by atoms with Crippen LogP contribution in [0.25, 0.3) is 0 Å². The first-order valence-corrected chi connectivity index (χ1v) is 8.61. The zero-order valence-electron chi connectivity index (χ0n) is 12.2. The van der Waals surface area contributed by atoms with Gasteiger partial charge in [0.1, 0.15) is 0 Å². The van der Waals surface area contributed by atoms with Gasteiger partial charge in [0, 0.05) is 16.7 Å². The normalized spacial score (nSPS) is 43.5. The van der Waals surface area contributed by atoms with E-state index in [9.17, 15) is 14.1 Å². The predicted molar refractivity (Wildman–Crippen MR) is 76.2 cm³/mol. The van der Waals surface area contributed by atoms with Gasteiger partial charge in [0.25, 0.3) is 0 Å². The van der Waals surface area contributed by atoms with Crippen molar-refractivity contribution >= 4 is 16.8 Å². The molecule has 5 heteroatoms. The molecule has 2 fully saturated rings. The van der Waals surface area contributed by atoms with Gasteiger partial charge in [-0.05, 0) is 43.6 Å². The van der Waals surface area contributed by atoms with Crippen molar-refractivity contribution in [1.82, 2.24) is 0 Å². The van der Waals surface area contributed by atoms with E-state index in [0.717, 1.165) is 19.3 Å². The number of hydrogen-bond acceptors (Lipinski definition) is 4. The van der Waals surface area contributed by atoms with Gasteiger partial charge in [-0.25, -0.2) is 4.79 Å². The number of aliphatic hydroxyl groups is 1. The Balaban J connectivity index is 1.81. The van der Waals surface area contributed by atoms with Crippen LogP contribution in [0.4, 0.5) is 0 Å². The van der Waals surface area contributed by atoms with Gasteiger partial charge in [-0.15, -0.1) is 0 Å². The van der Waals surface area contributed by atoms with Crippen LogP contribution in [-0.4, -0.2) is 32.6 Å². The maximum absolute atomic E-state index is 12.6. The number of cyclic esters (lactones) is 1. The second kappa shape index (κ2) is 4.41. The van der Waals surface area contributed by atoms with Crippen LogP contribution in [0.5, 0.6) is 0 Å². The molecule has 0 aromatic rings. The number of ether oxygens (including phenoxy) is 1. The summed E-state index contributed by atoms with van der Waals surface area (Å²) in [6, 6.07) is 0. The number of aliphatic hydroxyl groups excluding tert-OH is 1. The third-order valence-electron chi connectivity index (χ3n) is 5.98. The lowest BCUT2D eigenvalue weighted by molar-refractivity contribution is -0.137. The summed E-state index contributed by atoms with van der Waals surface area (Å²) in [6.45, 7) is 6.04. The van der Waals surface area contributed by atoms with E-state index in [4.69, 9.17) is 4.74 Å². The molecule has 0 aromatic carbocycles. The van der Waals surface area contributed by atoms with Crippen LogP contribution in [0, 0.1) is 16.7 Å². The molecule has 1 aliphatic heterocycles. The quantitative estimate of drug-likeness (QED) is 0.806. The summed E-state index contributed by atoms with van der Waals surface area (Å²) in [5.41, 5.74) is -0.404. The minimum absolute atomic E-state index is 0.00342. The van der Waals surface area contributed by atoms with Crippen LogP contribution < -0.4 is 0 Å². The van der Waals surface area contributed by atoms with Crippen LogP contribution in [0.1, 0.15) is 40.0 Å². The van der Waals surface area contributed by atoms with Crippen molar-refractivity contribution in [3.63, 3.8) is 0 Å². The highest BCUT2D eigenvalue weighted by Crippen LogP contribution is 2.66. The van der Waals surface area contributed by atoms with Crippen LogP contribution in [-0.2, 0) is 20.3 Å². The van der Waals surface area contributed by atoms with Gasteiger partial charge in [0.2, 0.25) is 0 Å². The highest BCUT2D eigenvalue weighted by Gasteiger charge is 2.64. The summed E-state index contributed by atoms with van der Waals surface area (Å²) in [5.74, 6) is 0.550. The van der Waals surface area contributed by atoms with E-state index >= 15 is 0 Å². The molecule has 2 saturated carbocycles. The summed E-state index contributed by atoms with van der Waals surface area (Å²) in [4.78, 5) is 11.4. The fourth-order valence-corrected chi connectivity index (χ4v) is 6.28. The average Bonchev–Trinajstić information content (AvgIpc) is 2.88. The third kappa shape index (κ3) is 1.75. The maximum atomic E-state index is 12.6. The summed E-state index contributed by atoms with van der Waals surface area (Å²) in [7, 11) is -1.29. The fraction of sp³-hybridized carbons (Fsp3) is 0.800. The Morgan fingerprint density at radius 2 is 2.20 bits per heavy atom. The number of carbonyl (C=O) groups excluding carboxylic acids is 1. The van der Waals surface area contributed by atoms with Crippen molar-refractivity contribution in [3.8, 4) is 0 Å². The molecular formula is C15H22O4S. The molecule has 1 N–H and O–H groups in total. The Morgan fingerprint density at radius 3 is 2.65 bits per heavy atom. The first kappa shape index (κ1) is 14.3. The number of carbonyl (C=O) groups is 1. The molecule has 0 saturated heterocycles. The van der Waals surface area contributed by atoms with Gasteiger partial charge in [0.05, 0.1) is 16.9 Å². The number of hydrogen-bond donors (Lipinski definition) is 1. The number of esters is 1. The van der Waals surface area contributed by atoms with Crippen molar-refractivity contribution in [2.24, 2.45) is 16.7 Å². The summed E-state index contributed by atoms with van der Waals surface area (Å²) in [6.07, 6.45) is 4.09. The zero-order valence-corrected chi connectivity index (χ0v) is 13.0. The zero-order chi connectivity index (χ0) is 14.7. The van der Waals surface area contributed by atoms with Crippen molar-refractivity contribution < 1.29 is 18.8 Å².